The van der Waals surface area contributed by atoms with E-state index in [4.69, 9.17) is 10.5 Å². The highest BCUT2D eigenvalue weighted by molar-refractivity contribution is 5.73. The van der Waals surface area contributed by atoms with Crippen LogP contribution in [-0.4, -0.2) is 48.7 Å². The smallest absolute Gasteiger partial charge is 0.410 e. The quantitative estimate of drug-likeness (QED) is 0.721. The molecule has 1 aliphatic rings. The molecule has 3 N–H and O–H groups in total. The Morgan fingerprint density at radius 2 is 2.11 bits per heavy atom. The fourth-order valence-electron chi connectivity index (χ4n) is 2.01. The molecule has 1 rings (SSSR count). The monoisotopic (exact) mass is 271 g/mol. The van der Waals surface area contributed by atoms with E-state index in [0.29, 0.717) is 25.4 Å². The Balaban J connectivity index is 2.22. The number of hydrogen-bond donors (Lipinski definition) is 2. The van der Waals surface area contributed by atoms with E-state index in [1.54, 1.807) is 4.90 Å². The largest absolute Gasteiger partial charge is 0.444 e. The number of primary amides is 1. The van der Waals surface area contributed by atoms with Gasteiger partial charge in [0.25, 0.3) is 0 Å². The molecule has 1 fully saturated rings. The summed E-state index contributed by atoms with van der Waals surface area (Å²) in [5, 5.41) is 3.19. The predicted octanol–water partition coefficient (Wildman–Crippen LogP) is 0.708. The number of hydrogen-bond acceptors (Lipinski definition) is 4. The molecule has 1 atom stereocenters. The molecule has 110 valence electrons. The standard InChI is InChI=1S/C13H25N3O3/c1-13(2,3)19-12(18)16-7-5-10(9-16)8-15-6-4-11(14)17/h10,15H,4-9H2,1-3H3,(H2,14,17). The summed E-state index contributed by atoms with van der Waals surface area (Å²) in [6, 6.07) is 0. The number of nitrogens with two attached hydrogens (primary N) is 1. The van der Waals surface area contributed by atoms with Gasteiger partial charge in [0, 0.05) is 26.1 Å². The first kappa shape index (κ1) is 15.8. The Morgan fingerprint density at radius 3 is 2.68 bits per heavy atom. The van der Waals surface area contributed by atoms with Crippen LogP contribution in [0, 0.1) is 5.92 Å². The van der Waals surface area contributed by atoms with E-state index in [1.807, 2.05) is 20.8 Å². The van der Waals surface area contributed by atoms with E-state index >= 15 is 0 Å². The van der Waals surface area contributed by atoms with E-state index in [9.17, 15) is 9.59 Å². The van der Waals surface area contributed by atoms with Crippen LogP contribution in [0.3, 0.4) is 0 Å². The molecule has 6 nitrogen and oxygen atoms in total. The van der Waals surface area contributed by atoms with Crippen molar-refractivity contribution >= 4 is 12.0 Å². The molecular weight excluding hydrogens is 246 g/mol. The van der Waals surface area contributed by atoms with Gasteiger partial charge >= 0.3 is 6.09 Å². The van der Waals surface area contributed by atoms with E-state index < -0.39 is 5.60 Å². The maximum atomic E-state index is 11.8. The minimum atomic E-state index is -0.449. The first-order valence-electron chi connectivity index (χ1n) is 6.75. The number of carbonyl (C=O) groups excluding carboxylic acids is 2. The molecule has 19 heavy (non-hydrogen) atoms. The SMILES string of the molecule is CC(C)(C)OC(=O)N1CCC(CNCCC(N)=O)C1. The van der Waals surface area contributed by atoms with Gasteiger partial charge in [-0.05, 0) is 39.7 Å². The molecule has 1 saturated heterocycles. The molecule has 0 aromatic carbocycles. The number of amides is 2. The minimum Gasteiger partial charge on any atom is -0.444 e. The minimum absolute atomic E-state index is 0.243. The molecular formula is C13H25N3O3. The average Bonchev–Trinajstić information content (AvgIpc) is 2.70. The van der Waals surface area contributed by atoms with Gasteiger partial charge in [0.2, 0.25) is 5.91 Å². The van der Waals surface area contributed by atoms with Crippen LogP contribution in [0.25, 0.3) is 0 Å². The Labute approximate surface area is 114 Å². The Hall–Kier alpha value is -1.30. The first-order chi connectivity index (χ1) is 8.78. The van der Waals surface area contributed by atoms with Crippen molar-refractivity contribution in [2.75, 3.05) is 26.2 Å². The van der Waals surface area contributed by atoms with Crippen molar-refractivity contribution < 1.29 is 14.3 Å². The summed E-state index contributed by atoms with van der Waals surface area (Å²) < 4.78 is 5.33. The lowest BCUT2D eigenvalue weighted by Crippen LogP contribution is -2.36. The molecule has 0 radical (unpaired) electrons. The summed E-state index contributed by atoms with van der Waals surface area (Å²) in [6.07, 6.45) is 1.07. The Kier molecular flexibility index (Phi) is 5.60. The van der Waals surface area contributed by atoms with Crippen LogP contribution in [-0.2, 0) is 9.53 Å². The van der Waals surface area contributed by atoms with Gasteiger partial charge in [-0.1, -0.05) is 0 Å². The van der Waals surface area contributed by atoms with Crippen LogP contribution >= 0.6 is 0 Å². The normalized spacial score (nSPS) is 19.5. The van der Waals surface area contributed by atoms with Gasteiger partial charge in [-0.2, -0.15) is 0 Å². The van der Waals surface area contributed by atoms with Crippen molar-refractivity contribution in [2.45, 2.75) is 39.2 Å². The van der Waals surface area contributed by atoms with Crippen LogP contribution in [0.1, 0.15) is 33.6 Å². The molecule has 0 saturated carbocycles. The zero-order chi connectivity index (χ0) is 14.5. The fraction of sp³-hybridized carbons (Fsp3) is 0.846. The molecule has 1 unspecified atom stereocenters. The Bertz CT molecular complexity index is 326. The highest BCUT2D eigenvalue weighted by atomic mass is 16.6. The fourth-order valence-corrected chi connectivity index (χ4v) is 2.01. The summed E-state index contributed by atoms with van der Waals surface area (Å²) in [5.41, 5.74) is 4.61. The summed E-state index contributed by atoms with van der Waals surface area (Å²) in [5.74, 6) is 0.120. The zero-order valence-electron chi connectivity index (χ0n) is 12.1. The lowest BCUT2D eigenvalue weighted by Gasteiger charge is -2.24. The van der Waals surface area contributed by atoms with Crippen LogP contribution in [0.15, 0.2) is 0 Å². The van der Waals surface area contributed by atoms with Crippen molar-refractivity contribution in [1.29, 1.82) is 0 Å². The third-order valence-corrected chi connectivity index (χ3v) is 2.92. The van der Waals surface area contributed by atoms with Crippen molar-refractivity contribution in [1.82, 2.24) is 10.2 Å². The van der Waals surface area contributed by atoms with Gasteiger partial charge in [0.15, 0.2) is 0 Å². The maximum absolute atomic E-state index is 11.8. The van der Waals surface area contributed by atoms with E-state index in [0.717, 1.165) is 19.5 Å². The Morgan fingerprint density at radius 1 is 1.42 bits per heavy atom. The van der Waals surface area contributed by atoms with Crippen molar-refractivity contribution in [3.05, 3.63) is 0 Å². The van der Waals surface area contributed by atoms with E-state index in [1.165, 1.54) is 0 Å². The second-order valence-corrected chi connectivity index (χ2v) is 6.00. The van der Waals surface area contributed by atoms with E-state index in [2.05, 4.69) is 5.32 Å². The highest BCUT2D eigenvalue weighted by Gasteiger charge is 2.29. The molecule has 2 amide bonds. The van der Waals surface area contributed by atoms with Gasteiger partial charge in [-0.15, -0.1) is 0 Å². The predicted molar refractivity (Wildman–Crippen MR) is 72.6 cm³/mol. The summed E-state index contributed by atoms with van der Waals surface area (Å²) in [7, 11) is 0. The van der Waals surface area contributed by atoms with Gasteiger partial charge in [0.05, 0.1) is 0 Å². The number of carbonyl (C=O) groups is 2. The molecule has 1 aliphatic heterocycles. The van der Waals surface area contributed by atoms with Crippen molar-refractivity contribution in [3.63, 3.8) is 0 Å². The highest BCUT2D eigenvalue weighted by Crippen LogP contribution is 2.18. The molecule has 1 heterocycles. The topological polar surface area (TPSA) is 84.7 Å². The zero-order valence-corrected chi connectivity index (χ0v) is 12.1. The van der Waals surface area contributed by atoms with Crippen LogP contribution in [0.5, 0.6) is 0 Å². The molecule has 0 spiro atoms. The van der Waals surface area contributed by atoms with Crippen LogP contribution in [0.2, 0.25) is 0 Å². The number of nitrogens with zero attached hydrogens (tertiary/aromatic N) is 1. The van der Waals surface area contributed by atoms with Gasteiger partial charge in [0.1, 0.15) is 5.60 Å². The summed E-state index contributed by atoms with van der Waals surface area (Å²) in [6.45, 7) is 8.43. The maximum Gasteiger partial charge on any atom is 0.410 e. The van der Waals surface area contributed by atoms with Crippen LogP contribution in [0.4, 0.5) is 4.79 Å². The average molecular weight is 271 g/mol. The number of ether oxygens (including phenoxy) is 1. The number of nitrogens with one attached hydrogen (secondary N) is 1. The number of rotatable bonds is 5. The molecule has 0 aromatic heterocycles. The number of likely N-dealkylation sites (tertiary alicyclic amines) is 1. The molecule has 0 aromatic rings. The summed E-state index contributed by atoms with van der Waals surface area (Å²) >= 11 is 0. The van der Waals surface area contributed by atoms with E-state index in [-0.39, 0.29) is 12.0 Å². The second-order valence-electron chi connectivity index (χ2n) is 6.00. The van der Waals surface area contributed by atoms with Gasteiger partial charge in [-0.25, -0.2) is 4.79 Å². The lowest BCUT2D eigenvalue weighted by molar-refractivity contribution is -0.117. The first-order valence-corrected chi connectivity index (χ1v) is 6.75. The van der Waals surface area contributed by atoms with Crippen LogP contribution < -0.4 is 11.1 Å². The van der Waals surface area contributed by atoms with Crippen molar-refractivity contribution in [3.8, 4) is 0 Å². The van der Waals surface area contributed by atoms with Gasteiger partial charge in [-0.3, -0.25) is 4.79 Å². The molecule has 0 bridgehead atoms. The van der Waals surface area contributed by atoms with Crippen molar-refractivity contribution in [2.24, 2.45) is 11.7 Å². The third kappa shape index (κ3) is 6.42. The third-order valence-electron chi connectivity index (χ3n) is 2.92. The second kappa shape index (κ2) is 6.75. The summed E-state index contributed by atoms with van der Waals surface area (Å²) in [4.78, 5) is 24.2. The molecule has 0 aliphatic carbocycles. The van der Waals surface area contributed by atoms with Gasteiger partial charge < -0.3 is 20.7 Å². The molecule has 6 heteroatoms. The lowest BCUT2D eigenvalue weighted by atomic mass is 10.1.